The first kappa shape index (κ1) is 22.1. The van der Waals surface area contributed by atoms with Gasteiger partial charge in [-0.1, -0.05) is 0 Å². The minimum absolute atomic E-state index is 0.155. The van der Waals surface area contributed by atoms with Crippen molar-refractivity contribution >= 4 is 16.9 Å². The normalized spacial score (nSPS) is 12.0. The molecule has 1 atom stereocenters. The number of hydrogen-bond donors (Lipinski definition) is 1. The van der Waals surface area contributed by atoms with E-state index < -0.39 is 0 Å². The molecule has 9 heteroatoms. The van der Waals surface area contributed by atoms with Crippen LogP contribution in [-0.4, -0.2) is 38.0 Å². The van der Waals surface area contributed by atoms with E-state index in [4.69, 9.17) is 4.74 Å². The van der Waals surface area contributed by atoms with Gasteiger partial charge in [0.05, 0.1) is 30.4 Å². The SMILES string of the molecule is COc1ccc(-c2ccc(=O)n(C[C@H](C)NC(=O)c3ccc4c(c3)n(C)c(=O)n4C)n2)cc1. The maximum atomic E-state index is 12.8. The molecule has 4 rings (SSSR count). The third-order valence-corrected chi connectivity index (χ3v) is 5.61. The Labute approximate surface area is 189 Å². The summed E-state index contributed by atoms with van der Waals surface area (Å²) in [5.74, 6) is 0.442. The highest BCUT2D eigenvalue weighted by molar-refractivity contribution is 5.97. The lowest BCUT2D eigenvalue weighted by Gasteiger charge is -2.15. The first-order valence-corrected chi connectivity index (χ1v) is 10.5. The van der Waals surface area contributed by atoms with E-state index in [0.29, 0.717) is 16.8 Å². The van der Waals surface area contributed by atoms with Crippen LogP contribution in [0.4, 0.5) is 0 Å². The topological polar surface area (TPSA) is 100 Å². The van der Waals surface area contributed by atoms with Crippen LogP contribution in [0.15, 0.2) is 64.2 Å². The third kappa shape index (κ3) is 4.30. The fourth-order valence-corrected chi connectivity index (χ4v) is 3.76. The molecule has 0 fully saturated rings. The summed E-state index contributed by atoms with van der Waals surface area (Å²) in [6.45, 7) is 2.02. The fraction of sp³-hybridized carbons (Fsp3) is 0.250. The van der Waals surface area contributed by atoms with Crippen molar-refractivity contribution in [3.05, 3.63) is 81.0 Å². The van der Waals surface area contributed by atoms with Gasteiger partial charge in [-0.2, -0.15) is 5.10 Å². The predicted octanol–water partition coefficient (Wildman–Crippen LogP) is 1.93. The molecule has 0 saturated carbocycles. The molecule has 2 aromatic heterocycles. The number of ether oxygens (including phenoxy) is 1. The molecule has 0 radical (unpaired) electrons. The van der Waals surface area contributed by atoms with Crippen LogP contribution < -0.4 is 21.3 Å². The summed E-state index contributed by atoms with van der Waals surface area (Å²) in [5, 5.41) is 7.36. The Morgan fingerprint density at radius 1 is 1.00 bits per heavy atom. The Morgan fingerprint density at radius 3 is 2.39 bits per heavy atom. The van der Waals surface area contributed by atoms with Crippen molar-refractivity contribution in [3.63, 3.8) is 0 Å². The van der Waals surface area contributed by atoms with Crippen LogP contribution in [0.25, 0.3) is 22.3 Å². The Kier molecular flexibility index (Phi) is 5.87. The quantitative estimate of drug-likeness (QED) is 0.487. The smallest absolute Gasteiger partial charge is 0.328 e. The van der Waals surface area contributed by atoms with Gasteiger partial charge in [-0.25, -0.2) is 9.48 Å². The molecule has 170 valence electrons. The van der Waals surface area contributed by atoms with E-state index in [0.717, 1.165) is 16.8 Å². The number of methoxy groups -OCH3 is 1. The van der Waals surface area contributed by atoms with Crippen LogP contribution >= 0.6 is 0 Å². The number of aryl methyl sites for hydroxylation is 2. The molecule has 1 N–H and O–H groups in total. The first-order valence-electron chi connectivity index (χ1n) is 10.5. The maximum absolute atomic E-state index is 12.8. The summed E-state index contributed by atoms with van der Waals surface area (Å²) in [6.07, 6.45) is 0. The van der Waals surface area contributed by atoms with Crippen molar-refractivity contribution in [2.24, 2.45) is 14.1 Å². The molecule has 4 aromatic rings. The van der Waals surface area contributed by atoms with Crippen molar-refractivity contribution in [2.45, 2.75) is 19.5 Å². The van der Waals surface area contributed by atoms with Crippen LogP contribution in [0.2, 0.25) is 0 Å². The van der Waals surface area contributed by atoms with Gasteiger partial charge < -0.3 is 10.1 Å². The number of hydrogen-bond acceptors (Lipinski definition) is 5. The van der Waals surface area contributed by atoms with E-state index in [1.165, 1.54) is 19.9 Å². The molecule has 2 aromatic carbocycles. The highest BCUT2D eigenvalue weighted by Gasteiger charge is 2.15. The minimum Gasteiger partial charge on any atom is -0.497 e. The summed E-state index contributed by atoms with van der Waals surface area (Å²) in [5.41, 5.74) is 2.94. The van der Waals surface area contributed by atoms with E-state index in [9.17, 15) is 14.4 Å². The zero-order chi connectivity index (χ0) is 23.7. The second-order valence-corrected chi connectivity index (χ2v) is 7.95. The summed E-state index contributed by atoms with van der Waals surface area (Å²) in [7, 11) is 4.96. The highest BCUT2D eigenvalue weighted by atomic mass is 16.5. The zero-order valence-electron chi connectivity index (χ0n) is 18.9. The molecule has 33 heavy (non-hydrogen) atoms. The monoisotopic (exact) mass is 447 g/mol. The molecule has 0 aliphatic rings. The lowest BCUT2D eigenvalue weighted by atomic mass is 10.1. The number of carbonyl (C=O) groups is 1. The minimum atomic E-state index is -0.357. The van der Waals surface area contributed by atoms with Crippen molar-refractivity contribution in [1.82, 2.24) is 24.2 Å². The third-order valence-electron chi connectivity index (χ3n) is 5.61. The van der Waals surface area contributed by atoms with Gasteiger partial charge in [0.25, 0.3) is 11.5 Å². The lowest BCUT2D eigenvalue weighted by Crippen LogP contribution is -2.38. The number of fused-ring (bicyclic) bond motifs is 1. The largest absolute Gasteiger partial charge is 0.497 e. The van der Waals surface area contributed by atoms with Gasteiger partial charge in [-0.15, -0.1) is 0 Å². The fourth-order valence-electron chi connectivity index (χ4n) is 3.76. The summed E-state index contributed by atoms with van der Waals surface area (Å²) in [4.78, 5) is 37.3. The van der Waals surface area contributed by atoms with Crippen LogP contribution in [0, 0.1) is 0 Å². The second kappa shape index (κ2) is 8.78. The number of amides is 1. The summed E-state index contributed by atoms with van der Waals surface area (Å²) >= 11 is 0. The van der Waals surface area contributed by atoms with Gasteiger partial charge in [0, 0.05) is 37.3 Å². The molecular formula is C24H25N5O4. The maximum Gasteiger partial charge on any atom is 0.328 e. The van der Waals surface area contributed by atoms with E-state index >= 15 is 0 Å². The molecule has 0 unspecified atom stereocenters. The van der Waals surface area contributed by atoms with Crippen LogP contribution in [0.5, 0.6) is 5.75 Å². The Hall–Kier alpha value is -4.14. The second-order valence-electron chi connectivity index (χ2n) is 7.95. The molecular weight excluding hydrogens is 422 g/mol. The van der Waals surface area contributed by atoms with Gasteiger partial charge in [0.2, 0.25) is 0 Å². The van der Waals surface area contributed by atoms with Crippen molar-refractivity contribution < 1.29 is 9.53 Å². The molecule has 9 nitrogen and oxygen atoms in total. The Morgan fingerprint density at radius 2 is 1.70 bits per heavy atom. The molecule has 0 spiro atoms. The summed E-state index contributed by atoms with van der Waals surface area (Å²) < 4.78 is 9.56. The van der Waals surface area contributed by atoms with Crippen LogP contribution in [0.1, 0.15) is 17.3 Å². The highest BCUT2D eigenvalue weighted by Crippen LogP contribution is 2.19. The molecule has 2 heterocycles. The number of nitrogens with one attached hydrogen (secondary N) is 1. The van der Waals surface area contributed by atoms with Crippen molar-refractivity contribution in [1.29, 1.82) is 0 Å². The Bertz CT molecular complexity index is 1450. The van der Waals surface area contributed by atoms with Gasteiger partial charge in [-0.05, 0) is 55.5 Å². The van der Waals surface area contributed by atoms with E-state index in [-0.39, 0.29) is 29.7 Å². The Balaban J connectivity index is 1.51. The van der Waals surface area contributed by atoms with Crippen LogP contribution in [0.3, 0.4) is 0 Å². The average Bonchev–Trinajstić information content (AvgIpc) is 3.04. The number of aromatic nitrogens is 4. The zero-order valence-corrected chi connectivity index (χ0v) is 18.9. The number of carbonyl (C=O) groups excluding carboxylic acids is 1. The molecule has 1 amide bonds. The average molecular weight is 447 g/mol. The molecule has 0 aliphatic heterocycles. The summed E-state index contributed by atoms with van der Waals surface area (Å²) in [6, 6.07) is 15.3. The van der Waals surface area contributed by atoms with Gasteiger partial charge in [0.1, 0.15) is 5.75 Å². The molecule has 0 aliphatic carbocycles. The van der Waals surface area contributed by atoms with E-state index in [1.54, 1.807) is 45.5 Å². The number of nitrogens with zero attached hydrogens (tertiary/aromatic N) is 4. The lowest BCUT2D eigenvalue weighted by molar-refractivity contribution is 0.0936. The standard InChI is InChI=1S/C24H25N5O4/c1-15(25-23(31)17-7-11-20-21(13-17)28(3)24(32)27(20)2)14-29-22(30)12-10-19(26-29)16-5-8-18(33-4)9-6-16/h5-13,15H,14H2,1-4H3,(H,25,31)/t15-/m0/s1. The van der Waals surface area contributed by atoms with Gasteiger partial charge in [0.15, 0.2) is 0 Å². The number of benzene rings is 2. The predicted molar refractivity (Wildman–Crippen MR) is 126 cm³/mol. The first-order chi connectivity index (χ1) is 15.8. The molecule has 0 saturated heterocycles. The number of imidazole rings is 1. The molecule has 0 bridgehead atoms. The van der Waals surface area contributed by atoms with Gasteiger partial charge in [-0.3, -0.25) is 18.7 Å². The van der Waals surface area contributed by atoms with Crippen LogP contribution in [-0.2, 0) is 20.6 Å². The van der Waals surface area contributed by atoms with E-state index in [2.05, 4.69) is 10.4 Å². The number of rotatable bonds is 6. The van der Waals surface area contributed by atoms with Gasteiger partial charge >= 0.3 is 5.69 Å². The van der Waals surface area contributed by atoms with Crippen molar-refractivity contribution in [3.8, 4) is 17.0 Å². The van der Waals surface area contributed by atoms with E-state index in [1.807, 2.05) is 31.2 Å². The van der Waals surface area contributed by atoms with Crippen molar-refractivity contribution in [2.75, 3.05) is 7.11 Å².